The SMILES string of the molecule is Cc1cc(NCc2csc(=O)[nH]2)c2cc(N)ccc2n1. The zero-order chi connectivity index (χ0) is 14.1. The van der Waals surface area contributed by atoms with Crippen molar-refractivity contribution in [2.75, 3.05) is 11.1 Å². The number of rotatable bonds is 3. The van der Waals surface area contributed by atoms with Gasteiger partial charge in [-0.05, 0) is 31.2 Å². The summed E-state index contributed by atoms with van der Waals surface area (Å²) in [5.74, 6) is 0. The van der Waals surface area contributed by atoms with Crippen molar-refractivity contribution >= 4 is 33.6 Å². The van der Waals surface area contributed by atoms with E-state index in [1.54, 1.807) is 0 Å². The number of aryl methyl sites for hydroxylation is 1. The molecule has 5 nitrogen and oxygen atoms in total. The molecule has 2 heterocycles. The molecule has 3 aromatic rings. The molecule has 1 aromatic carbocycles. The quantitative estimate of drug-likeness (QED) is 0.646. The molecule has 0 unspecified atom stereocenters. The second-order valence-corrected chi connectivity index (χ2v) is 5.46. The number of nitrogens with two attached hydrogens (primary N) is 1. The van der Waals surface area contributed by atoms with Crippen LogP contribution in [0.3, 0.4) is 0 Å². The van der Waals surface area contributed by atoms with Gasteiger partial charge in [0, 0.05) is 33.5 Å². The average molecular weight is 286 g/mol. The van der Waals surface area contributed by atoms with Crippen molar-refractivity contribution in [3.05, 3.63) is 50.7 Å². The number of hydrogen-bond acceptors (Lipinski definition) is 5. The number of pyridine rings is 1. The van der Waals surface area contributed by atoms with Gasteiger partial charge in [0.25, 0.3) is 0 Å². The molecule has 0 bridgehead atoms. The number of hydrogen-bond donors (Lipinski definition) is 3. The standard InChI is InChI=1S/C14H14N4OS/c1-8-4-13(16-6-10-7-20-14(19)18-10)11-5-9(15)2-3-12(11)17-8/h2-5,7H,6,15H2,1H3,(H,16,17)(H,18,19). The van der Waals surface area contributed by atoms with Crippen LogP contribution in [0.2, 0.25) is 0 Å². The van der Waals surface area contributed by atoms with Gasteiger partial charge in [-0.1, -0.05) is 11.3 Å². The van der Waals surface area contributed by atoms with E-state index in [1.807, 2.05) is 36.6 Å². The minimum absolute atomic E-state index is 0.0400. The number of nitrogens with one attached hydrogen (secondary N) is 2. The number of aromatic nitrogens is 2. The van der Waals surface area contributed by atoms with Crippen molar-refractivity contribution in [3.8, 4) is 0 Å². The molecule has 0 saturated heterocycles. The lowest BCUT2D eigenvalue weighted by Gasteiger charge is -2.10. The first-order valence-electron chi connectivity index (χ1n) is 6.19. The summed E-state index contributed by atoms with van der Waals surface area (Å²) in [4.78, 5) is 18.3. The summed E-state index contributed by atoms with van der Waals surface area (Å²) in [6, 6.07) is 7.64. The van der Waals surface area contributed by atoms with E-state index >= 15 is 0 Å². The summed E-state index contributed by atoms with van der Waals surface area (Å²) in [5, 5.41) is 6.13. The van der Waals surface area contributed by atoms with Crippen molar-refractivity contribution in [3.63, 3.8) is 0 Å². The van der Waals surface area contributed by atoms with Gasteiger partial charge in [0.1, 0.15) is 0 Å². The summed E-state index contributed by atoms with van der Waals surface area (Å²) in [5.41, 5.74) is 10.2. The van der Waals surface area contributed by atoms with Crippen LogP contribution in [0.5, 0.6) is 0 Å². The first-order chi connectivity index (χ1) is 9.61. The highest BCUT2D eigenvalue weighted by Gasteiger charge is 2.05. The van der Waals surface area contributed by atoms with Crippen LogP contribution >= 0.6 is 11.3 Å². The van der Waals surface area contributed by atoms with Crippen molar-refractivity contribution in [1.82, 2.24) is 9.97 Å². The number of nitrogens with zero attached hydrogens (tertiary/aromatic N) is 1. The van der Waals surface area contributed by atoms with E-state index in [4.69, 9.17) is 5.73 Å². The zero-order valence-corrected chi connectivity index (χ0v) is 11.8. The minimum Gasteiger partial charge on any atom is -0.399 e. The van der Waals surface area contributed by atoms with Crippen molar-refractivity contribution in [2.24, 2.45) is 0 Å². The monoisotopic (exact) mass is 286 g/mol. The predicted octanol–water partition coefficient (Wildman–Crippen LogP) is 2.49. The number of H-pyrrole nitrogens is 1. The molecule has 0 spiro atoms. The largest absolute Gasteiger partial charge is 0.399 e. The van der Waals surface area contributed by atoms with Gasteiger partial charge in [0.15, 0.2) is 0 Å². The number of anilines is 2. The lowest BCUT2D eigenvalue weighted by molar-refractivity contribution is 1.06. The molecule has 20 heavy (non-hydrogen) atoms. The molecule has 0 atom stereocenters. The van der Waals surface area contributed by atoms with Gasteiger partial charge in [-0.15, -0.1) is 0 Å². The van der Waals surface area contributed by atoms with Gasteiger partial charge < -0.3 is 16.0 Å². The van der Waals surface area contributed by atoms with E-state index in [0.29, 0.717) is 12.2 Å². The van der Waals surface area contributed by atoms with E-state index in [-0.39, 0.29) is 4.87 Å². The third kappa shape index (κ3) is 2.50. The number of nitrogen functional groups attached to an aromatic ring is 1. The summed E-state index contributed by atoms with van der Waals surface area (Å²) >= 11 is 1.17. The molecule has 0 amide bonds. The Balaban J connectivity index is 1.97. The molecule has 0 aliphatic rings. The van der Waals surface area contributed by atoms with E-state index < -0.39 is 0 Å². The Hall–Kier alpha value is -2.34. The van der Waals surface area contributed by atoms with Crippen LogP contribution < -0.4 is 15.9 Å². The highest BCUT2D eigenvalue weighted by Crippen LogP contribution is 2.25. The van der Waals surface area contributed by atoms with Gasteiger partial charge in [0.2, 0.25) is 0 Å². The van der Waals surface area contributed by atoms with Crippen molar-refractivity contribution < 1.29 is 0 Å². The third-order valence-corrected chi connectivity index (χ3v) is 3.72. The molecule has 0 aliphatic heterocycles. The first-order valence-corrected chi connectivity index (χ1v) is 7.07. The topological polar surface area (TPSA) is 83.8 Å². The normalized spacial score (nSPS) is 10.8. The predicted molar refractivity (Wildman–Crippen MR) is 83.2 cm³/mol. The number of aromatic amines is 1. The second-order valence-electron chi connectivity index (χ2n) is 4.61. The van der Waals surface area contributed by atoms with Gasteiger partial charge in [-0.2, -0.15) is 0 Å². The highest BCUT2D eigenvalue weighted by molar-refractivity contribution is 7.07. The fraction of sp³-hybridized carbons (Fsp3) is 0.143. The maximum Gasteiger partial charge on any atom is 0.304 e. The van der Waals surface area contributed by atoms with Crippen LogP contribution in [0.15, 0.2) is 34.4 Å². The van der Waals surface area contributed by atoms with E-state index in [2.05, 4.69) is 15.3 Å². The van der Waals surface area contributed by atoms with Gasteiger partial charge in [-0.3, -0.25) is 9.78 Å². The summed E-state index contributed by atoms with van der Waals surface area (Å²) in [7, 11) is 0. The smallest absolute Gasteiger partial charge is 0.304 e. The Kier molecular flexibility index (Phi) is 3.15. The van der Waals surface area contributed by atoms with Crippen molar-refractivity contribution in [2.45, 2.75) is 13.5 Å². The highest BCUT2D eigenvalue weighted by atomic mass is 32.1. The van der Waals surface area contributed by atoms with Gasteiger partial charge in [0.05, 0.1) is 12.1 Å². The lowest BCUT2D eigenvalue weighted by Crippen LogP contribution is -2.04. The fourth-order valence-corrected chi connectivity index (χ4v) is 2.69. The lowest BCUT2D eigenvalue weighted by atomic mass is 10.1. The first kappa shape index (κ1) is 12.7. The molecule has 0 saturated carbocycles. The molecule has 0 radical (unpaired) electrons. The Morgan fingerprint density at radius 2 is 2.25 bits per heavy atom. The Morgan fingerprint density at radius 3 is 3.00 bits per heavy atom. The van der Waals surface area contributed by atoms with Crippen LogP contribution in [-0.4, -0.2) is 9.97 Å². The molecule has 0 fully saturated rings. The molecule has 102 valence electrons. The van der Waals surface area contributed by atoms with Crippen molar-refractivity contribution in [1.29, 1.82) is 0 Å². The van der Waals surface area contributed by atoms with Gasteiger partial charge >= 0.3 is 4.87 Å². The van der Waals surface area contributed by atoms with Gasteiger partial charge in [-0.25, -0.2) is 0 Å². The maximum absolute atomic E-state index is 11.1. The number of benzene rings is 1. The third-order valence-electron chi connectivity index (χ3n) is 3.00. The molecule has 3 rings (SSSR count). The molecule has 4 N–H and O–H groups in total. The molecular weight excluding hydrogens is 272 g/mol. The van der Waals surface area contributed by atoms with E-state index in [9.17, 15) is 4.79 Å². The van der Waals surface area contributed by atoms with E-state index in [1.165, 1.54) is 11.3 Å². The zero-order valence-electron chi connectivity index (χ0n) is 10.9. The molecule has 2 aromatic heterocycles. The number of fused-ring (bicyclic) bond motifs is 1. The summed E-state index contributed by atoms with van der Waals surface area (Å²) < 4.78 is 0. The molecule has 6 heteroatoms. The Labute approximate surface area is 119 Å². The molecule has 0 aliphatic carbocycles. The van der Waals surface area contributed by atoms with Crippen LogP contribution in [-0.2, 0) is 6.54 Å². The number of thiazole rings is 1. The fourth-order valence-electron chi connectivity index (χ4n) is 2.11. The van der Waals surface area contributed by atoms with Crippen LogP contribution in [0.1, 0.15) is 11.4 Å². The molecular formula is C14H14N4OS. The maximum atomic E-state index is 11.1. The minimum atomic E-state index is -0.0400. The average Bonchev–Trinajstić information content (AvgIpc) is 2.82. The summed E-state index contributed by atoms with van der Waals surface area (Å²) in [6.07, 6.45) is 0. The summed E-state index contributed by atoms with van der Waals surface area (Å²) in [6.45, 7) is 2.51. The Morgan fingerprint density at radius 1 is 1.40 bits per heavy atom. The van der Waals surface area contributed by atoms with E-state index in [0.717, 1.165) is 28.0 Å². The second kappa shape index (κ2) is 4.97. The van der Waals surface area contributed by atoms with Crippen LogP contribution in [0.25, 0.3) is 10.9 Å². The van der Waals surface area contributed by atoms with Crippen LogP contribution in [0.4, 0.5) is 11.4 Å². The Bertz CT molecular complexity index is 821. The van der Waals surface area contributed by atoms with Crippen LogP contribution in [0, 0.1) is 6.92 Å².